The lowest BCUT2D eigenvalue weighted by molar-refractivity contribution is -0.137. The fourth-order valence-electron chi connectivity index (χ4n) is 2.30. The molecule has 8 amide bonds. The van der Waals surface area contributed by atoms with Gasteiger partial charge < -0.3 is 37.1 Å². The van der Waals surface area contributed by atoms with Crippen molar-refractivity contribution in [1.29, 1.82) is 0 Å². The van der Waals surface area contributed by atoms with E-state index in [-0.39, 0.29) is 39.3 Å². The van der Waals surface area contributed by atoms with Crippen molar-refractivity contribution in [3.8, 4) is 0 Å². The van der Waals surface area contributed by atoms with E-state index in [1.165, 1.54) is 0 Å². The molecule has 1 aliphatic heterocycles. The Labute approximate surface area is 199 Å². The van der Waals surface area contributed by atoms with Crippen LogP contribution in [0.15, 0.2) is 12.2 Å². The second kappa shape index (κ2) is 15.5. The van der Waals surface area contributed by atoms with Crippen LogP contribution in [-0.2, 0) is 43.1 Å². The predicted octanol–water partition coefficient (Wildman–Crippen LogP) is -5.27. The average molecular weight is 497 g/mol. The van der Waals surface area contributed by atoms with Crippen LogP contribution in [0.2, 0.25) is 0 Å². The average Bonchev–Trinajstić information content (AvgIpc) is 3.13. The molecule has 0 radical (unpaired) electrons. The number of nitrogens with zero attached hydrogens (tertiary/aromatic N) is 1. The van der Waals surface area contributed by atoms with Crippen LogP contribution in [0.25, 0.3) is 0 Å². The lowest BCUT2D eigenvalue weighted by Gasteiger charge is -2.13. The number of nitrogens with two attached hydrogens (primary N) is 1. The van der Waals surface area contributed by atoms with Crippen LogP contribution in [0.3, 0.4) is 0 Å². The van der Waals surface area contributed by atoms with Gasteiger partial charge in [-0.05, 0) is 0 Å². The molecule has 0 aromatic rings. The summed E-state index contributed by atoms with van der Waals surface area (Å²) in [4.78, 5) is 92.4. The molecular formula is C19H27N7O9. The molecule has 16 heteroatoms. The summed E-state index contributed by atoms with van der Waals surface area (Å²) in [5.74, 6) is -4.75. The van der Waals surface area contributed by atoms with Gasteiger partial charge in [-0.3, -0.25) is 43.3 Å². The van der Waals surface area contributed by atoms with Crippen molar-refractivity contribution >= 4 is 47.3 Å². The minimum absolute atomic E-state index is 0.00465. The molecule has 0 atom stereocenters. The summed E-state index contributed by atoms with van der Waals surface area (Å²) in [6.07, 6.45) is 1.99. The van der Waals surface area contributed by atoms with Crippen molar-refractivity contribution in [3.63, 3.8) is 0 Å². The zero-order valence-corrected chi connectivity index (χ0v) is 18.7. The summed E-state index contributed by atoms with van der Waals surface area (Å²) in [7, 11) is 0. The summed E-state index contributed by atoms with van der Waals surface area (Å²) in [5, 5.41) is 11.3. The van der Waals surface area contributed by atoms with Gasteiger partial charge in [0.25, 0.3) is 11.8 Å². The number of carbonyl (C=O) groups is 8. The van der Waals surface area contributed by atoms with Crippen molar-refractivity contribution in [2.75, 3.05) is 46.1 Å². The van der Waals surface area contributed by atoms with E-state index in [0.717, 1.165) is 17.1 Å². The monoisotopic (exact) mass is 497 g/mol. The number of hydrogen-bond donors (Lipinski definition) is 6. The first kappa shape index (κ1) is 28.7. The first-order chi connectivity index (χ1) is 16.6. The zero-order chi connectivity index (χ0) is 26.2. The van der Waals surface area contributed by atoms with Crippen LogP contribution in [0.1, 0.15) is 12.8 Å². The standard InChI is InChI=1S/C19H27N7O9/c20-12(27)4-6-35-11-25-17(32)10-24-16(31)9-23-15(30)8-22-14(29)7-21-13(28)3-5-26-18(33)1-2-19(26)34/h1-2H,3-11H2,(H2,20,27)(H,21,28)(H,22,29)(H,23,30)(H,24,31)(H,25,32). The van der Waals surface area contributed by atoms with Crippen molar-refractivity contribution < 1.29 is 43.1 Å². The maximum atomic E-state index is 11.7. The van der Waals surface area contributed by atoms with Gasteiger partial charge in [0.05, 0.1) is 32.8 Å². The predicted molar refractivity (Wildman–Crippen MR) is 115 cm³/mol. The molecule has 0 saturated heterocycles. The lowest BCUT2D eigenvalue weighted by Crippen LogP contribution is -2.46. The van der Waals surface area contributed by atoms with Crippen LogP contribution >= 0.6 is 0 Å². The fourth-order valence-corrected chi connectivity index (χ4v) is 2.30. The number of imide groups is 1. The first-order valence-electron chi connectivity index (χ1n) is 10.3. The van der Waals surface area contributed by atoms with Gasteiger partial charge in [0, 0.05) is 31.5 Å². The molecule has 35 heavy (non-hydrogen) atoms. The quantitative estimate of drug-likeness (QED) is 0.0677. The normalized spacial score (nSPS) is 12.2. The highest BCUT2D eigenvalue weighted by molar-refractivity contribution is 6.13. The number of rotatable bonds is 16. The molecule has 0 unspecified atom stereocenters. The van der Waals surface area contributed by atoms with Crippen molar-refractivity contribution in [1.82, 2.24) is 31.5 Å². The molecule has 0 aromatic carbocycles. The van der Waals surface area contributed by atoms with E-state index in [1.54, 1.807) is 0 Å². The van der Waals surface area contributed by atoms with E-state index >= 15 is 0 Å². The summed E-state index contributed by atoms with van der Waals surface area (Å²) >= 11 is 0. The highest BCUT2D eigenvalue weighted by atomic mass is 16.5. The molecule has 0 fully saturated rings. The highest BCUT2D eigenvalue weighted by Crippen LogP contribution is 2.03. The number of primary amides is 1. The van der Waals surface area contributed by atoms with Crippen LogP contribution in [0.5, 0.6) is 0 Å². The Hall–Kier alpha value is -4.34. The molecule has 0 saturated carbocycles. The fraction of sp³-hybridized carbons (Fsp3) is 0.474. The van der Waals surface area contributed by atoms with E-state index in [0.29, 0.717) is 0 Å². The van der Waals surface area contributed by atoms with E-state index in [4.69, 9.17) is 10.5 Å². The summed E-state index contributed by atoms with van der Waals surface area (Å²) in [5.41, 5.74) is 4.92. The van der Waals surface area contributed by atoms with Crippen molar-refractivity contribution in [2.45, 2.75) is 12.8 Å². The number of ether oxygens (including phenoxy) is 1. The summed E-state index contributed by atoms with van der Waals surface area (Å²) in [6, 6.07) is 0. The third kappa shape index (κ3) is 13.1. The molecule has 0 bridgehead atoms. The van der Waals surface area contributed by atoms with Gasteiger partial charge in [-0.2, -0.15) is 0 Å². The van der Waals surface area contributed by atoms with Crippen LogP contribution in [-0.4, -0.2) is 98.2 Å². The second-order valence-electron chi connectivity index (χ2n) is 6.89. The maximum Gasteiger partial charge on any atom is 0.253 e. The third-order valence-electron chi connectivity index (χ3n) is 4.11. The van der Waals surface area contributed by atoms with E-state index < -0.39 is 66.9 Å². The van der Waals surface area contributed by atoms with Gasteiger partial charge >= 0.3 is 0 Å². The topological polar surface area (TPSA) is 235 Å². The summed E-state index contributed by atoms with van der Waals surface area (Å²) < 4.78 is 4.93. The van der Waals surface area contributed by atoms with Gasteiger partial charge in [0.2, 0.25) is 35.4 Å². The Morgan fingerprint density at radius 3 is 1.57 bits per heavy atom. The molecule has 0 spiro atoms. The van der Waals surface area contributed by atoms with Crippen LogP contribution in [0.4, 0.5) is 0 Å². The first-order valence-corrected chi connectivity index (χ1v) is 10.3. The Morgan fingerprint density at radius 2 is 1.11 bits per heavy atom. The molecule has 0 aromatic heterocycles. The van der Waals surface area contributed by atoms with E-state index in [1.807, 2.05) is 0 Å². The molecule has 7 N–H and O–H groups in total. The number of amides is 8. The Bertz CT molecular complexity index is 870. The molecule has 1 aliphatic rings. The number of hydrogen-bond acceptors (Lipinski definition) is 9. The molecular weight excluding hydrogens is 470 g/mol. The van der Waals surface area contributed by atoms with Crippen molar-refractivity contribution in [2.24, 2.45) is 5.73 Å². The minimum atomic E-state index is -0.689. The van der Waals surface area contributed by atoms with Gasteiger partial charge in [-0.15, -0.1) is 0 Å². The van der Waals surface area contributed by atoms with Crippen LogP contribution < -0.4 is 32.3 Å². The molecule has 0 aliphatic carbocycles. The molecule has 1 heterocycles. The van der Waals surface area contributed by atoms with Gasteiger partial charge in [-0.1, -0.05) is 0 Å². The molecule has 192 valence electrons. The van der Waals surface area contributed by atoms with Gasteiger partial charge in [0.1, 0.15) is 6.73 Å². The number of carbonyl (C=O) groups excluding carboxylic acids is 8. The Kier molecular flexibility index (Phi) is 12.7. The zero-order valence-electron chi connectivity index (χ0n) is 18.7. The lowest BCUT2D eigenvalue weighted by atomic mass is 10.3. The second-order valence-corrected chi connectivity index (χ2v) is 6.89. The van der Waals surface area contributed by atoms with E-state index in [9.17, 15) is 38.4 Å². The smallest absolute Gasteiger partial charge is 0.253 e. The minimum Gasteiger partial charge on any atom is -0.370 e. The van der Waals surface area contributed by atoms with Crippen LogP contribution in [0, 0.1) is 0 Å². The summed E-state index contributed by atoms with van der Waals surface area (Å²) in [6.45, 7) is -1.99. The highest BCUT2D eigenvalue weighted by Gasteiger charge is 2.23. The Morgan fingerprint density at radius 1 is 0.686 bits per heavy atom. The van der Waals surface area contributed by atoms with Gasteiger partial charge in [-0.25, -0.2) is 0 Å². The SMILES string of the molecule is NC(=O)CCOCNC(=O)CNC(=O)CNC(=O)CNC(=O)CNC(=O)CCN1C(=O)C=CC1=O. The molecule has 1 rings (SSSR count). The Balaban J connectivity index is 2.07. The van der Waals surface area contributed by atoms with Gasteiger partial charge in [0.15, 0.2) is 0 Å². The largest absolute Gasteiger partial charge is 0.370 e. The maximum absolute atomic E-state index is 11.7. The van der Waals surface area contributed by atoms with Crippen molar-refractivity contribution in [3.05, 3.63) is 12.2 Å². The molecule has 16 nitrogen and oxygen atoms in total. The van der Waals surface area contributed by atoms with E-state index in [2.05, 4.69) is 26.6 Å². The number of nitrogens with one attached hydrogen (secondary N) is 5. The third-order valence-corrected chi connectivity index (χ3v) is 4.11.